The Bertz CT molecular complexity index is 470. The van der Waals surface area contributed by atoms with Crippen molar-refractivity contribution in [1.29, 1.82) is 0 Å². The van der Waals surface area contributed by atoms with Crippen LogP contribution in [0.1, 0.15) is 34.1 Å². The zero-order valence-electron chi connectivity index (χ0n) is 11.9. The van der Waals surface area contributed by atoms with E-state index >= 15 is 0 Å². The van der Waals surface area contributed by atoms with E-state index < -0.39 is 10.1 Å². The highest BCUT2D eigenvalue weighted by molar-refractivity contribution is 7.86. The van der Waals surface area contributed by atoms with Gasteiger partial charge < -0.3 is 9.50 Å². The van der Waals surface area contributed by atoms with E-state index in [0.29, 0.717) is 6.42 Å². The lowest BCUT2D eigenvalue weighted by atomic mass is 10.0. The highest BCUT2D eigenvalue weighted by Crippen LogP contribution is 2.23. The first kappa shape index (κ1) is 15.7. The number of rotatable bonds is 3. The van der Waals surface area contributed by atoms with Crippen molar-refractivity contribution in [3.8, 4) is 0 Å². The lowest BCUT2D eigenvalue weighted by Gasteiger charge is -2.25. The highest BCUT2D eigenvalue weighted by Gasteiger charge is 2.35. The lowest BCUT2D eigenvalue weighted by Crippen LogP contribution is -2.45. The standard InChI is InChI=1S/C11H21N3O4S/c1-7(2)9-6-10(18-19(5,16)17)13-14(9)11(15)12-8(3)4/h7-9H,6H2,1-5H3,(H,12,15). The molecule has 0 saturated heterocycles. The second kappa shape index (κ2) is 5.77. The summed E-state index contributed by atoms with van der Waals surface area (Å²) in [6, 6.07) is -0.563. The third kappa shape index (κ3) is 4.70. The molecular weight excluding hydrogens is 270 g/mol. The van der Waals surface area contributed by atoms with Gasteiger partial charge in [-0.3, -0.25) is 0 Å². The first-order chi connectivity index (χ1) is 8.60. The third-order valence-electron chi connectivity index (χ3n) is 2.55. The van der Waals surface area contributed by atoms with Crippen LogP contribution in [0.25, 0.3) is 0 Å². The Morgan fingerprint density at radius 1 is 1.42 bits per heavy atom. The van der Waals surface area contributed by atoms with Crippen LogP contribution >= 0.6 is 0 Å². The molecule has 1 aliphatic heterocycles. The van der Waals surface area contributed by atoms with Gasteiger partial charge in [-0.25, -0.2) is 9.80 Å². The van der Waals surface area contributed by atoms with Crippen molar-refractivity contribution in [1.82, 2.24) is 10.3 Å². The molecule has 1 heterocycles. The monoisotopic (exact) mass is 291 g/mol. The molecular formula is C11H21N3O4S. The number of hydrazone groups is 1. The van der Waals surface area contributed by atoms with Crippen LogP contribution in [0, 0.1) is 5.92 Å². The van der Waals surface area contributed by atoms with Crippen molar-refractivity contribution >= 4 is 22.0 Å². The number of nitrogens with one attached hydrogen (secondary N) is 1. The summed E-state index contributed by atoms with van der Waals surface area (Å²) >= 11 is 0. The van der Waals surface area contributed by atoms with E-state index in [9.17, 15) is 13.2 Å². The van der Waals surface area contributed by atoms with Crippen molar-refractivity contribution < 1.29 is 17.4 Å². The smallest absolute Gasteiger partial charge is 0.338 e. The number of hydrogen-bond donors (Lipinski definition) is 1. The van der Waals surface area contributed by atoms with Gasteiger partial charge in [0.15, 0.2) is 0 Å². The van der Waals surface area contributed by atoms with Crippen LogP contribution in [-0.4, -0.2) is 43.7 Å². The van der Waals surface area contributed by atoms with Gasteiger partial charge in [-0.2, -0.15) is 8.42 Å². The van der Waals surface area contributed by atoms with Crippen LogP contribution in [-0.2, 0) is 14.3 Å². The molecule has 0 saturated carbocycles. The average molecular weight is 291 g/mol. The van der Waals surface area contributed by atoms with Crippen LogP contribution < -0.4 is 5.32 Å². The van der Waals surface area contributed by atoms with Crippen LogP contribution in [0.2, 0.25) is 0 Å². The summed E-state index contributed by atoms with van der Waals surface area (Å²) in [5.41, 5.74) is 0. The summed E-state index contributed by atoms with van der Waals surface area (Å²) in [5, 5.41) is 7.96. The number of urea groups is 1. The van der Waals surface area contributed by atoms with E-state index in [1.165, 1.54) is 5.01 Å². The first-order valence-electron chi connectivity index (χ1n) is 6.17. The van der Waals surface area contributed by atoms with Crippen LogP contribution in [0.3, 0.4) is 0 Å². The molecule has 1 unspecified atom stereocenters. The Morgan fingerprint density at radius 3 is 2.42 bits per heavy atom. The molecule has 0 aromatic carbocycles. The zero-order chi connectivity index (χ0) is 14.8. The molecule has 2 amide bonds. The fraction of sp³-hybridized carbons (Fsp3) is 0.818. The second-order valence-electron chi connectivity index (χ2n) is 5.25. The van der Waals surface area contributed by atoms with Gasteiger partial charge in [0.05, 0.1) is 12.3 Å². The van der Waals surface area contributed by atoms with Crippen molar-refractivity contribution in [2.24, 2.45) is 11.0 Å². The Labute approximate surface area is 114 Å². The fourth-order valence-corrected chi connectivity index (χ4v) is 2.20. The van der Waals surface area contributed by atoms with Crippen molar-refractivity contribution in [2.75, 3.05) is 6.26 Å². The maximum absolute atomic E-state index is 12.0. The van der Waals surface area contributed by atoms with Crippen LogP contribution in [0.4, 0.5) is 4.79 Å². The van der Waals surface area contributed by atoms with E-state index in [0.717, 1.165) is 6.26 Å². The predicted molar refractivity (Wildman–Crippen MR) is 72.1 cm³/mol. The Morgan fingerprint density at radius 2 is 2.00 bits per heavy atom. The minimum absolute atomic E-state index is 0.0182. The average Bonchev–Trinajstić information content (AvgIpc) is 2.57. The lowest BCUT2D eigenvalue weighted by molar-refractivity contribution is 0.167. The quantitative estimate of drug-likeness (QED) is 0.789. The van der Waals surface area contributed by atoms with Gasteiger partial charge in [0, 0.05) is 12.5 Å². The molecule has 1 rings (SSSR count). The summed E-state index contributed by atoms with van der Waals surface area (Å²) in [6.07, 6.45) is 1.26. The largest absolute Gasteiger partial charge is 0.365 e. The maximum Gasteiger partial charge on any atom is 0.338 e. The van der Waals surface area contributed by atoms with Gasteiger partial charge in [0.25, 0.3) is 0 Å². The summed E-state index contributed by atoms with van der Waals surface area (Å²) in [5.74, 6) is 0.197. The molecule has 0 spiro atoms. The SMILES string of the molecule is CC(C)NC(=O)N1N=C(OS(C)(=O)=O)CC1C(C)C. The number of hydrogen-bond acceptors (Lipinski definition) is 5. The van der Waals surface area contributed by atoms with E-state index in [2.05, 4.69) is 10.4 Å². The Hall–Kier alpha value is -1.31. The summed E-state index contributed by atoms with van der Waals surface area (Å²) in [6.45, 7) is 7.57. The molecule has 0 aromatic heterocycles. The minimum atomic E-state index is -3.62. The number of amides is 2. The molecule has 0 bridgehead atoms. The number of carbonyl (C=O) groups excluding carboxylic acids is 1. The molecule has 0 aliphatic carbocycles. The maximum atomic E-state index is 12.0. The summed E-state index contributed by atoms with van der Waals surface area (Å²) in [4.78, 5) is 12.0. The Balaban J connectivity index is 2.87. The molecule has 1 atom stereocenters. The molecule has 110 valence electrons. The van der Waals surface area contributed by atoms with Crippen LogP contribution in [0.5, 0.6) is 0 Å². The summed E-state index contributed by atoms with van der Waals surface area (Å²) in [7, 11) is -3.62. The molecule has 7 nitrogen and oxygen atoms in total. The van der Waals surface area contributed by atoms with E-state index in [4.69, 9.17) is 4.18 Å². The van der Waals surface area contributed by atoms with E-state index in [-0.39, 0.29) is 29.9 Å². The third-order valence-corrected chi connectivity index (χ3v) is 3.05. The topological polar surface area (TPSA) is 88.1 Å². The zero-order valence-corrected chi connectivity index (χ0v) is 12.7. The molecule has 1 N–H and O–H groups in total. The van der Waals surface area contributed by atoms with Gasteiger partial charge in [-0.15, -0.1) is 5.10 Å². The highest BCUT2D eigenvalue weighted by atomic mass is 32.2. The first-order valence-corrected chi connectivity index (χ1v) is 7.98. The number of carbonyl (C=O) groups is 1. The molecule has 0 aromatic rings. The fourth-order valence-electron chi connectivity index (χ4n) is 1.75. The molecule has 1 aliphatic rings. The predicted octanol–water partition coefficient (Wildman–Crippen LogP) is 1.12. The summed E-state index contributed by atoms with van der Waals surface area (Å²) < 4.78 is 27.0. The van der Waals surface area contributed by atoms with E-state index in [1.807, 2.05) is 27.7 Å². The molecule has 19 heavy (non-hydrogen) atoms. The van der Waals surface area contributed by atoms with Gasteiger partial charge in [-0.1, -0.05) is 13.8 Å². The normalized spacial score (nSPS) is 19.8. The van der Waals surface area contributed by atoms with Gasteiger partial charge in [0.2, 0.25) is 5.90 Å². The van der Waals surface area contributed by atoms with Crippen molar-refractivity contribution in [3.63, 3.8) is 0 Å². The molecule has 0 radical (unpaired) electrons. The van der Waals surface area contributed by atoms with Crippen LogP contribution in [0.15, 0.2) is 5.10 Å². The van der Waals surface area contributed by atoms with Gasteiger partial charge in [-0.05, 0) is 19.8 Å². The number of nitrogens with zero attached hydrogens (tertiary/aromatic N) is 2. The molecule has 0 fully saturated rings. The molecule has 8 heteroatoms. The Kier molecular flexibility index (Phi) is 4.78. The van der Waals surface area contributed by atoms with Crippen molar-refractivity contribution in [2.45, 2.75) is 46.2 Å². The van der Waals surface area contributed by atoms with Gasteiger partial charge >= 0.3 is 16.1 Å². The second-order valence-corrected chi connectivity index (χ2v) is 6.82. The van der Waals surface area contributed by atoms with Crippen molar-refractivity contribution in [3.05, 3.63) is 0 Å². The minimum Gasteiger partial charge on any atom is -0.365 e. The van der Waals surface area contributed by atoms with Gasteiger partial charge in [0.1, 0.15) is 0 Å². The van der Waals surface area contributed by atoms with E-state index in [1.54, 1.807) is 0 Å².